The molecule has 2 rings (SSSR count). The summed E-state index contributed by atoms with van der Waals surface area (Å²) in [4.78, 5) is 0. The molecule has 1 aromatic carbocycles. The lowest BCUT2D eigenvalue weighted by Gasteiger charge is -2.29. The van der Waals surface area contributed by atoms with E-state index in [2.05, 4.69) is 37.4 Å². The molecule has 0 saturated heterocycles. The van der Waals surface area contributed by atoms with Crippen LogP contribution in [0.1, 0.15) is 76.0 Å². The van der Waals surface area contributed by atoms with E-state index in [9.17, 15) is 0 Å². The van der Waals surface area contributed by atoms with Crippen molar-refractivity contribution < 1.29 is 4.74 Å². The van der Waals surface area contributed by atoms with E-state index in [1.807, 2.05) is 0 Å². The molecule has 1 N–H and O–H groups in total. The summed E-state index contributed by atoms with van der Waals surface area (Å²) in [6.45, 7) is 4.61. The average molecular weight is 289 g/mol. The van der Waals surface area contributed by atoms with Crippen LogP contribution in [0.2, 0.25) is 0 Å². The van der Waals surface area contributed by atoms with Crippen LogP contribution in [0.4, 0.5) is 0 Å². The van der Waals surface area contributed by atoms with Crippen molar-refractivity contribution in [2.24, 2.45) is 0 Å². The maximum atomic E-state index is 5.35. The number of benzene rings is 1. The van der Waals surface area contributed by atoms with Gasteiger partial charge in [0.15, 0.2) is 0 Å². The number of aryl methyl sites for hydroxylation is 1. The van der Waals surface area contributed by atoms with Gasteiger partial charge in [-0.2, -0.15) is 0 Å². The predicted octanol–water partition coefficient (Wildman–Crippen LogP) is 5.02. The second kappa shape index (κ2) is 8.43. The zero-order valence-electron chi connectivity index (χ0n) is 14.0. The van der Waals surface area contributed by atoms with E-state index in [4.69, 9.17) is 4.74 Å². The Labute approximate surface area is 130 Å². The topological polar surface area (TPSA) is 21.3 Å². The Morgan fingerprint density at radius 2 is 2.14 bits per heavy atom. The molecule has 0 fully saturated rings. The standard InChI is InChI=1S/C19H31NO/c1-4-5-6-7-9-15(2)20-19-11-8-10-16-14-17(21-3)12-13-18(16)19/h12-15,19-20H,4-11H2,1-3H3. The van der Waals surface area contributed by atoms with Crippen LogP contribution >= 0.6 is 0 Å². The minimum absolute atomic E-state index is 0.529. The van der Waals surface area contributed by atoms with E-state index >= 15 is 0 Å². The first kappa shape index (κ1) is 16.4. The highest BCUT2D eigenvalue weighted by atomic mass is 16.5. The SMILES string of the molecule is CCCCCCC(C)NC1CCCc2cc(OC)ccc21. The molecule has 2 unspecified atom stereocenters. The van der Waals surface area contributed by atoms with Gasteiger partial charge in [0.25, 0.3) is 0 Å². The van der Waals surface area contributed by atoms with E-state index < -0.39 is 0 Å². The Hall–Kier alpha value is -1.02. The summed E-state index contributed by atoms with van der Waals surface area (Å²) in [5.74, 6) is 0.988. The monoisotopic (exact) mass is 289 g/mol. The Balaban J connectivity index is 1.90. The second-order valence-corrected chi connectivity index (χ2v) is 6.43. The molecule has 2 nitrogen and oxygen atoms in total. The van der Waals surface area contributed by atoms with Crippen LogP contribution in [0.15, 0.2) is 18.2 Å². The Kier molecular flexibility index (Phi) is 6.56. The fourth-order valence-corrected chi connectivity index (χ4v) is 3.39. The molecule has 2 atom stereocenters. The van der Waals surface area contributed by atoms with E-state index in [1.165, 1.54) is 62.5 Å². The van der Waals surface area contributed by atoms with Crippen molar-refractivity contribution >= 4 is 0 Å². The minimum atomic E-state index is 0.529. The highest BCUT2D eigenvalue weighted by molar-refractivity contribution is 5.39. The predicted molar refractivity (Wildman–Crippen MR) is 90.0 cm³/mol. The number of methoxy groups -OCH3 is 1. The zero-order chi connectivity index (χ0) is 15.1. The third-order valence-corrected chi connectivity index (χ3v) is 4.64. The molecule has 1 aliphatic carbocycles. The molecule has 21 heavy (non-hydrogen) atoms. The van der Waals surface area contributed by atoms with Gasteiger partial charge in [0, 0.05) is 12.1 Å². The van der Waals surface area contributed by atoms with Crippen molar-refractivity contribution in [2.45, 2.75) is 77.3 Å². The molecule has 0 aromatic heterocycles. The van der Waals surface area contributed by atoms with Gasteiger partial charge in [-0.25, -0.2) is 0 Å². The highest BCUT2D eigenvalue weighted by Crippen LogP contribution is 2.32. The molecule has 0 heterocycles. The molecule has 0 radical (unpaired) electrons. The van der Waals surface area contributed by atoms with Gasteiger partial charge in [0.2, 0.25) is 0 Å². The molecule has 0 bridgehead atoms. The van der Waals surface area contributed by atoms with Gasteiger partial charge in [-0.1, -0.05) is 38.7 Å². The summed E-state index contributed by atoms with van der Waals surface area (Å²) >= 11 is 0. The molecule has 1 aliphatic rings. The fraction of sp³-hybridized carbons (Fsp3) is 0.684. The molecule has 2 heteroatoms. The quantitative estimate of drug-likeness (QED) is 0.678. The smallest absolute Gasteiger partial charge is 0.119 e. The maximum Gasteiger partial charge on any atom is 0.119 e. The zero-order valence-corrected chi connectivity index (χ0v) is 14.0. The lowest BCUT2D eigenvalue weighted by Crippen LogP contribution is -2.32. The number of ether oxygens (including phenoxy) is 1. The van der Waals surface area contributed by atoms with Gasteiger partial charge in [0.1, 0.15) is 5.75 Å². The number of rotatable bonds is 8. The number of unbranched alkanes of at least 4 members (excludes halogenated alkanes) is 3. The minimum Gasteiger partial charge on any atom is -0.497 e. The fourth-order valence-electron chi connectivity index (χ4n) is 3.39. The summed E-state index contributed by atoms with van der Waals surface area (Å²) in [6, 6.07) is 7.72. The van der Waals surface area contributed by atoms with E-state index in [-0.39, 0.29) is 0 Å². The summed E-state index contributed by atoms with van der Waals surface area (Å²) in [6.07, 6.45) is 10.4. The molecule has 0 aliphatic heterocycles. The van der Waals surface area contributed by atoms with Crippen LogP contribution in [0.5, 0.6) is 5.75 Å². The Morgan fingerprint density at radius 3 is 2.90 bits per heavy atom. The molecule has 1 aromatic rings. The van der Waals surface area contributed by atoms with Crippen molar-refractivity contribution in [3.8, 4) is 5.75 Å². The van der Waals surface area contributed by atoms with Gasteiger partial charge in [-0.15, -0.1) is 0 Å². The summed E-state index contributed by atoms with van der Waals surface area (Å²) < 4.78 is 5.35. The van der Waals surface area contributed by atoms with Gasteiger partial charge < -0.3 is 10.1 Å². The summed E-state index contributed by atoms with van der Waals surface area (Å²) in [7, 11) is 1.75. The number of hydrogen-bond donors (Lipinski definition) is 1. The van der Waals surface area contributed by atoms with Crippen LogP contribution in [0.3, 0.4) is 0 Å². The first-order chi connectivity index (χ1) is 10.2. The maximum absolute atomic E-state index is 5.35. The molecule has 0 saturated carbocycles. The summed E-state index contributed by atoms with van der Waals surface area (Å²) in [5.41, 5.74) is 2.96. The first-order valence-corrected chi connectivity index (χ1v) is 8.67. The first-order valence-electron chi connectivity index (χ1n) is 8.67. The van der Waals surface area contributed by atoms with Gasteiger partial charge in [0.05, 0.1) is 7.11 Å². The van der Waals surface area contributed by atoms with Crippen LogP contribution in [0, 0.1) is 0 Å². The van der Waals surface area contributed by atoms with Crippen LogP contribution < -0.4 is 10.1 Å². The van der Waals surface area contributed by atoms with Crippen LogP contribution in [-0.4, -0.2) is 13.2 Å². The van der Waals surface area contributed by atoms with Crippen molar-refractivity contribution in [3.63, 3.8) is 0 Å². The van der Waals surface area contributed by atoms with Crippen LogP contribution in [0.25, 0.3) is 0 Å². The molecular formula is C19H31NO. The molecule has 0 spiro atoms. The van der Waals surface area contributed by atoms with Crippen molar-refractivity contribution in [2.75, 3.05) is 7.11 Å². The van der Waals surface area contributed by atoms with Crippen molar-refractivity contribution in [1.29, 1.82) is 0 Å². The lowest BCUT2D eigenvalue weighted by atomic mass is 9.87. The van der Waals surface area contributed by atoms with Crippen molar-refractivity contribution in [3.05, 3.63) is 29.3 Å². The molecule has 118 valence electrons. The molecule has 0 amide bonds. The van der Waals surface area contributed by atoms with Crippen LogP contribution in [-0.2, 0) is 6.42 Å². The van der Waals surface area contributed by atoms with Crippen molar-refractivity contribution in [1.82, 2.24) is 5.32 Å². The van der Waals surface area contributed by atoms with Gasteiger partial charge >= 0.3 is 0 Å². The largest absolute Gasteiger partial charge is 0.497 e. The number of hydrogen-bond acceptors (Lipinski definition) is 2. The summed E-state index contributed by atoms with van der Waals surface area (Å²) in [5, 5.41) is 3.85. The Morgan fingerprint density at radius 1 is 1.29 bits per heavy atom. The lowest BCUT2D eigenvalue weighted by molar-refractivity contribution is 0.383. The second-order valence-electron chi connectivity index (χ2n) is 6.43. The van der Waals surface area contributed by atoms with E-state index in [1.54, 1.807) is 7.11 Å². The Bertz CT molecular complexity index is 430. The average Bonchev–Trinajstić information content (AvgIpc) is 2.51. The van der Waals surface area contributed by atoms with E-state index in [0.717, 1.165) is 5.75 Å². The third-order valence-electron chi connectivity index (χ3n) is 4.64. The highest BCUT2D eigenvalue weighted by Gasteiger charge is 2.21. The van der Waals surface area contributed by atoms with Gasteiger partial charge in [-0.05, 0) is 55.9 Å². The number of nitrogens with one attached hydrogen (secondary N) is 1. The normalized spacial score (nSPS) is 19.1. The van der Waals surface area contributed by atoms with E-state index in [0.29, 0.717) is 12.1 Å². The molecular weight excluding hydrogens is 258 g/mol. The number of fused-ring (bicyclic) bond motifs is 1. The van der Waals surface area contributed by atoms with Gasteiger partial charge in [-0.3, -0.25) is 0 Å². The third kappa shape index (κ3) is 4.74.